The summed E-state index contributed by atoms with van der Waals surface area (Å²) in [6.07, 6.45) is 2.10. The first-order chi connectivity index (χ1) is 18.4. The maximum atomic E-state index is 13.1. The van der Waals surface area contributed by atoms with Crippen LogP contribution in [0.5, 0.6) is 0 Å². The SMILES string of the molecule is CSCCC(NC(=O)C(N)CCCN=C(N)N)C(=O)NC(CC(N)=O)C(=O)NC(Cc1ccccc1)C(=O)O. The predicted molar refractivity (Wildman–Crippen MR) is 148 cm³/mol. The highest BCUT2D eigenvalue weighted by molar-refractivity contribution is 7.98. The van der Waals surface area contributed by atoms with Gasteiger partial charge in [-0.3, -0.25) is 24.2 Å². The number of carboxylic acids is 1. The van der Waals surface area contributed by atoms with E-state index in [4.69, 9.17) is 22.9 Å². The van der Waals surface area contributed by atoms with E-state index in [0.717, 1.165) is 0 Å². The van der Waals surface area contributed by atoms with Crippen molar-refractivity contribution < 1.29 is 29.1 Å². The van der Waals surface area contributed by atoms with Gasteiger partial charge in [0.15, 0.2) is 5.96 Å². The normalized spacial score (nSPS) is 13.7. The smallest absolute Gasteiger partial charge is 0.326 e. The molecule has 39 heavy (non-hydrogen) atoms. The van der Waals surface area contributed by atoms with Gasteiger partial charge in [-0.2, -0.15) is 11.8 Å². The van der Waals surface area contributed by atoms with Crippen LogP contribution in [-0.4, -0.2) is 83.4 Å². The third-order valence-electron chi connectivity index (χ3n) is 5.48. The molecule has 1 aromatic carbocycles. The highest BCUT2D eigenvalue weighted by Crippen LogP contribution is 2.07. The van der Waals surface area contributed by atoms with Crippen LogP contribution in [0.15, 0.2) is 35.3 Å². The van der Waals surface area contributed by atoms with E-state index in [-0.39, 0.29) is 31.8 Å². The minimum absolute atomic E-state index is 0.0212. The lowest BCUT2D eigenvalue weighted by atomic mass is 10.0. The highest BCUT2D eigenvalue weighted by atomic mass is 32.2. The molecular weight excluding hydrogens is 528 g/mol. The topological polar surface area (TPSA) is 258 Å². The number of nitrogens with one attached hydrogen (secondary N) is 3. The van der Waals surface area contributed by atoms with Crippen LogP contribution in [0.4, 0.5) is 0 Å². The van der Waals surface area contributed by atoms with Crippen molar-refractivity contribution in [3.8, 4) is 0 Å². The number of amides is 4. The fourth-order valence-corrected chi connectivity index (χ4v) is 3.91. The second-order valence-electron chi connectivity index (χ2n) is 8.72. The maximum Gasteiger partial charge on any atom is 0.326 e. The number of guanidine groups is 1. The van der Waals surface area contributed by atoms with E-state index in [1.54, 1.807) is 30.3 Å². The summed E-state index contributed by atoms with van der Waals surface area (Å²) in [5, 5.41) is 16.9. The Labute approximate surface area is 231 Å². The molecule has 1 rings (SSSR count). The molecule has 0 aliphatic rings. The first-order valence-corrected chi connectivity index (χ1v) is 13.6. The van der Waals surface area contributed by atoms with Gasteiger partial charge in [-0.05, 0) is 36.8 Å². The molecule has 0 aromatic heterocycles. The number of carbonyl (C=O) groups is 5. The Morgan fingerprint density at radius 1 is 0.897 bits per heavy atom. The number of aliphatic carboxylic acids is 1. The zero-order chi connectivity index (χ0) is 29.4. The molecule has 4 atom stereocenters. The number of carboxylic acid groups (broad SMARTS) is 1. The maximum absolute atomic E-state index is 13.1. The van der Waals surface area contributed by atoms with E-state index in [1.165, 1.54) is 11.8 Å². The van der Waals surface area contributed by atoms with Crippen molar-refractivity contribution in [2.24, 2.45) is 27.9 Å². The molecule has 0 bridgehead atoms. The van der Waals surface area contributed by atoms with Crippen LogP contribution in [0, 0.1) is 0 Å². The van der Waals surface area contributed by atoms with Gasteiger partial charge in [0, 0.05) is 13.0 Å². The quantitative estimate of drug-likeness (QED) is 0.0539. The number of nitrogens with two attached hydrogens (primary N) is 4. The summed E-state index contributed by atoms with van der Waals surface area (Å²) in [6.45, 7) is 0.283. The van der Waals surface area contributed by atoms with Crippen molar-refractivity contribution in [1.29, 1.82) is 0 Å². The van der Waals surface area contributed by atoms with Crippen LogP contribution < -0.4 is 38.9 Å². The summed E-state index contributed by atoms with van der Waals surface area (Å²) in [5.74, 6) is -4.02. The molecule has 0 spiro atoms. The summed E-state index contributed by atoms with van der Waals surface area (Å²) in [6, 6.07) is 3.83. The number of aliphatic imine (C=N–C) groups is 1. The van der Waals surface area contributed by atoms with Gasteiger partial charge in [0.2, 0.25) is 23.6 Å². The second-order valence-corrected chi connectivity index (χ2v) is 9.70. The van der Waals surface area contributed by atoms with Gasteiger partial charge in [-0.1, -0.05) is 30.3 Å². The molecule has 0 aliphatic carbocycles. The molecule has 1 aromatic rings. The Kier molecular flexibility index (Phi) is 15.0. The number of rotatable bonds is 18. The van der Waals surface area contributed by atoms with Crippen molar-refractivity contribution in [2.45, 2.75) is 56.3 Å². The number of benzene rings is 1. The van der Waals surface area contributed by atoms with Crippen molar-refractivity contribution in [3.63, 3.8) is 0 Å². The first-order valence-electron chi connectivity index (χ1n) is 12.2. The van der Waals surface area contributed by atoms with E-state index < -0.39 is 60.2 Å². The van der Waals surface area contributed by atoms with Gasteiger partial charge in [0.05, 0.1) is 12.5 Å². The molecule has 14 nitrogen and oxygen atoms in total. The van der Waals surface area contributed by atoms with Crippen molar-refractivity contribution in [3.05, 3.63) is 35.9 Å². The van der Waals surface area contributed by atoms with Gasteiger partial charge < -0.3 is 44.0 Å². The Morgan fingerprint density at radius 2 is 1.49 bits per heavy atom. The monoisotopic (exact) mass is 566 g/mol. The number of hydrogen-bond donors (Lipinski definition) is 8. The van der Waals surface area contributed by atoms with Crippen LogP contribution in [0.25, 0.3) is 0 Å². The van der Waals surface area contributed by atoms with E-state index in [9.17, 15) is 29.1 Å². The summed E-state index contributed by atoms with van der Waals surface area (Å²) < 4.78 is 0. The lowest BCUT2D eigenvalue weighted by Crippen LogP contribution is -2.58. The molecule has 0 saturated carbocycles. The second kappa shape index (κ2) is 17.6. The van der Waals surface area contributed by atoms with Crippen LogP contribution in [0.3, 0.4) is 0 Å². The molecule has 0 saturated heterocycles. The number of thioether (sulfide) groups is 1. The zero-order valence-electron chi connectivity index (χ0n) is 21.8. The molecule has 4 amide bonds. The third kappa shape index (κ3) is 13.5. The molecule has 0 radical (unpaired) electrons. The van der Waals surface area contributed by atoms with Crippen molar-refractivity contribution in [1.82, 2.24) is 16.0 Å². The summed E-state index contributed by atoms with van der Waals surface area (Å²) in [5.41, 5.74) is 22.4. The molecular formula is C24H38N8O6S. The largest absolute Gasteiger partial charge is 0.480 e. The fourth-order valence-electron chi connectivity index (χ4n) is 3.44. The van der Waals surface area contributed by atoms with Gasteiger partial charge in [0.25, 0.3) is 0 Å². The van der Waals surface area contributed by atoms with Gasteiger partial charge >= 0.3 is 5.97 Å². The molecule has 0 heterocycles. The minimum Gasteiger partial charge on any atom is -0.480 e. The van der Waals surface area contributed by atoms with Gasteiger partial charge in [-0.25, -0.2) is 4.79 Å². The van der Waals surface area contributed by atoms with E-state index >= 15 is 0 Å². The summed E-state index contributed by atoms with van der Waals surface area (Å²) in [4.78, 5) is 65.9. The Balaban J connectivity index is 2.92. The Hall–Kier alpha value is -3.85. The van der Waals surface area contributed by atoms with Gasteiger partial charge in [0.1, 0.15) is 18.1 Å². The third-order valence-corrected chi connectivity index (χ3v) is 6.13. The van der Waals surface area contributed by atoms with Crippen molar-refractivity contribution in [2.75, 3.05) is 18.6 Å². The standard InChI is InChI=1S/C24H38N8O6S/c1-39-11-9-16(30-20(34)15(25)8-5-10-29-24(27)28)21(35)31-17(13-19(26)33)22(36)32-18(23(37)38)12-14-6-3-2-4-7-14/h2-4,6-7,15-18H,5,8-13,25H2,1H3,(H2,26,33)(H,30,34)(H,31,35)(H,32,36)(H,37,38)(H4,27,28,29). The molecule has 4 unspecified atom stereocenters. The Bertz CT molecular complexity index is 1010. The van der Waals surface area contributed by atoms with Crippen LogP contribution in [0.1, 0.15) is 31.2 Å². The first kappa shape index (κ1) is 33.2. The molecule has 0 fully saturated rings. The number of nitrogens with zero attached hydrogens (tertiary/aromatic N) is 1. The van der Waals surface area contributed by atoms with Crippen molar-refractivity contribution >= 4 is 47.3 Å². The van der Waals surface area contributed by atoms with Crippen LogP contribution in [0.2, 0.25) is 0 Å². The van der Waals surface area contributed by atoms with E-state index in [2.05, 4.69) is 20.9 Å². The van der Waals surface area contributed by atoms with E-state index in [1.807, 2.05) is 6.26 Å². The Morgan fingerprint density at radius 3 is 2.05 bits per heavy atom. The number of primary amides is 1. The summed E-state index contributed by atoms with van der Waals surface area (Å²) in [7, 11) is 0. The van der Waals surface area contributed by atoms with Crippen LogP contribution in [-0.2, 0) is 30.4 Å². The molecule has 0 aliphatic heterocycles. The van der Waals surface area contributed by atoms with Gasteiger partial charge in [-0.15, -0.1) is 0 Å². The zero-order valence-corrected chi connectivity index (χ0v) is 22.6. The summed E-state index contributed by atoms with van der Waals surface area (Å²) >= 11 is 1.43. The average Bonchev–Trinajstić information content (AvgIpc) is 2.87. The number of hydrogen-bond acceptors (Lipinski definition) is 8. The number of carbonyl (C=O) groups excluding carboxylic acids is 4. The van der Waals surface area contributed by atoms with Crippen LogP contribution >= 0.6 is 11.8 Å². The molecule has 12 N–H and O–H groups in total. The predicted octanol–water partition coefficient (Wildman–Crippen LogP) is -2.22. The minimum atomic E-state index is -1.46. The fraction of sp³-hybridized carbons (Fsp3) is 0.500. The molecule has 15 heteroatoms. The highest BCUT2D eigenvalue weighted by Gasteiger charge is 2.31. The average molecular weight is 567 g/mol. The lowest BCUT2D eigenvalue weighted by Gasteiger charge is -2.24. The van der Waals surface area contributed by atoms with E-state index in [0.29, 0.717) is 17.7 Å². The molecule has 216 valence electrons. The lowest BCUT2D eigenvalue weighted by molar-refractivity contribution is -0.142.